The SMILES string of the molecule is Cc1cc(O)cc(C)c1-c1cccc(CO)c1C.Cc1cc(OCc2ccccc2)cc(C)c1-c1cccc(CO)c1C. The summed E-state index contributed by atoms with van der Waals surface area (Å²) in [6.45, 7) is 13.0. The van der Waals surface area contributed by atoms with E-state index in [1.54, 1.807) is 12.1 Å². The Kier molecular flexibility index (Phi) is 10.4. The summed E-state index contributed by atoms with van der Waals surface area (Å²) in [4.78, 5) is 0. The molecule has 5 rings (SSSR count). The Labute approximate surface area is 255 Å². The number of rotatable bonds is 7. The van der Waals surface area contributed by atoms with Gasteiger partial charge in [-0.1, -0.05) is 66.7 Å². The normalized spacial score (nSPS) is 10.7. The third-order valence-corrected chi connectivity index (χ3v) is 8.04. The largest absolute Gasteiger partial charge is 0.508 e. The van der Waals surface area contributed by atoms with E-state index in [-0.39, 0.29) is 13.2 Å². The molecule has 0 unspecified atom stereocenters. The van der Waals surface area contributed by atoms with Crippen molar-refractivity contribution in [3.8, 4) is 33.8 Å². The van der Waals surface area contributed by atoms with Crippen molar-refractivity contribution in [2.75, 3.05) is 0 Å². The Bertz CT molecular complexity index is 1660. The van der Waals surface area contributed by atoms with Crippen molar-refractivity contribution < 1.29 is 20.1 Å². The highest BCUT2D eigenvalue weighted by molar-refractivity contribution is 5.76. The van der Waals surface area contributed by atoms with Crippen LogP contribution in [0.4, 0.5) is 0 Å². The van der Waals surface area contributed by atoms with Gasteiger partial charge in [-0.25, -0.2) is 0 Å². The molecule has 5 aromatic carbocycles. The number of aliphatic hydroxyl groups is 2. The van der Waals surface area contributed by atoms with E-state index < -0.39 is 0 Å². The maximum Gasteiger partial charge on any atom is 0.120 e. The highest BCUT2D eigenvalue weighted by Crippen LogP contribution is 2.35. The zero-order valence-corrected chi connectivity index (χ0v) is 26.0. The van der Waals surface area contributed by atoms with Gasteiger partial charge < -0.3 is 20.1 Å². The molecule has 0 saturated carbocycles. The third-order valence-electron chi connectivity index (χ3n) is 8.04. The van der Waals surface area contributed by atoms with Crippen LogP contribution in [0.2, 0.25) is 0 Å². The standard InChI is InChI=1S/C23H24O2.C16H18O2/c1-16-12-21(25-15-19-8-5-4-6-9-19)13-17(2)23(16)22-11-7-10-20(14-24)18(22)3;1-10-7-14(18)8-11(2)16(10)15-6-4-5-13(9-17)12(15)3/h4-13,24H,14-15H2,1-3H3;4-8,17-18H,9H2,1-3H3. The number of phenols is 1. The molecule has 43 heavy (non-hydrogen) atoms. The van der Waals surface area contributed by atoms with Crippen LogP contribution in [-0.4, -0.2) is 15.3 Å². The third kappa shape index (κ3) is 7.34. The van der Waals surface area contributed by atoms with Crippen LogP contribution in [0.25, 0.3) is 22.3 Å². The highest BCUT2D eigenvalue weighted by Gasteiger charge is 2.13. The summed E-state index contributed by atoms with van der Waals surface area (Å²) in [7, 11) is 0. The van der Waals surface area contributed by atoms with Gasteiger partial charge in [-0.05, 0) is 138 Å². The van der Waals surface area contributed by atoms with Crippen LogP contribution in [0.5, 0.6) is 11.5 Å². The first-order valence-corrected chi connectivity index (χ1v) is 14.6. The van der Waals surface area contributed by atoms with Crippen LogP contribution in [0.3, 0.4) is 0 Å². The lowest BCUT2D eigenvalue weighted by atomic mass is 9.90. The minimum atomic E-state index is 0.0514. The number of aryl methyl sites for hydroxylation is 4. The number of aliphatic hydroxyl groups excluding tert-OH is 2. The molecule has 0 aliphatic rings. The summed E-state index contributed by atoms with van der Waals surface area (Å²) in [6, 6.07) is 30.0. The predicted octanol–water partition coefficient (Wildman–Crippen LogP) is 8.83. The number of hydrogen-bond donors (Lipinski definition) is 3. The van der Waals surface area contributed by atoms with E-state index in [0.717, 1.165) is 55.8 Å². The van der Waals surface area contributed by atoms with Gasteiger partial charge in [0.1, 0.15) is 18.1 Å². The molecule has 0 heterocycles. The van der Waals surface area contributed by atoms with Crippen molar-refractivity contribution in [1.82, 2.24) is 0 Å². The van der Waals surface area contributed by atoms with Crippen molar-refractivity contribution >= 4 is 0 Å². The van der Waals surface area contributed by atoms with Crippen LogP contribution in [0, 0.1) is 41.5 Å². The van der Waals surface area contributed by atoms with Crippen LogP contribution >= 0.6 is 0 Å². The molecule has 222 valence electrons. The Morgan fingerprint density at radius 3 is 1.42 bits per heavy atom. The zero-order valence-electron chi connectivity index (χ0n) is 26.0. The molecular weight excluding hydrogens is 532 g/mol. The maximum absolute atomic E-state index is 9.60. The monoisotopic (exact) mass is 574 g/mol. The first-order valence-electron chi connectivity index (χ1n) is 14.6. The second kappa shape index (κ2) is 14.2. The molecule has 0 amide bonds. The number of aromatic hydroxyl groups is 1. The van der Waals surface area contributed by atoms with Crippen molar-refractivity contribution in [2.24, 2.45) is 0 Å². The molecule has 0 aliphatic carbocycles. The summed E-state index contributed by atoms with van der Waals surface area (Å²) < 4.78 is 5.98. The summed E-state index contributed by atoms with van der Waals surface area (Å²) in [5.41, 5.74) is 14.4. The van der Waals surface area contributed by atoms with Gasteiger partial charge in [-0.15, -0.1) is 0 Å². The molecule has 3 N–H and O–H groups in total. The predicted molar refractivity (Wildman–Crippen MR) is 176 cm³/mol. The van der Waals surface area contributed by atoms with Gasteiger partial charge in [0.25, 0.3) is 0 Å². The fourth-order valence-electron chi connectivity index (χ4n) is 5.79. The fraction of sp³-hybridized carbons (Fsp3) is 0.231. The molecule has 4 heteroatoms. The molecule has 5 aromatic rings. The van der Waals surface area contributed by atoms with Crippen molar-refractivity contribution in [2.45, 2.75) is 61.4 Å². The maximum atomic E-state index is 9.60. The molecule has 0 saturated heterocycles. The minimum absolute atomic E-state index is 0.0514. The summed E-state index contributed by atoms with van der Waals surface area (Å²) in [6.07, 6.45) is 0. The smallest absolute Gasteiger partial charge is 0.120 e. The fourth-order valence-corrected chi connectivity index (χ4v) is 5.79. The van der Waals surface area contributed by atoms with Gasteiger partial charge in [0.15, 0.2) is 0 Å². The topological polar surface area (TPSA) is 69.9 Å². The summed E-state index contributed by atoms with van der Waals surface area (Å²) in [5.74, 6) is 1.18. The Morgan fingerprint density at radius 2 is 0.977 bits per heavy atom. The molecule has 0 fully saturated rings. The van der Waals surface area contributed by atoms with E-state index in [4.69, 9.17) is 4.74 Å². The average Bonchev–Trinajstić information content (AvgIpc) is 2.98. The first-order chi connectivity index (χ1) is 20.6. The van der Waals surface area contributed by atoms with E-state index >= 15 is 0 Å². The number of ether oxygens (including phenoxy) is 1. The van der Waals surface area contributed by atoms with Gasteiger partial charge in [0, 0.05) is 0 Å². The lowest BCUT2D eigenvalue weighted by Crippen LogP contribution is -1.99. The molecule has 0 radical (unpaired) electrons. The van der Waals surface area contributed by atoms with Crippen LogP contribution in [-0.2, 0) is 19.8 Å². The van der Waals surface area contributed by atoms with Crippen molar-refractivity contribution in [3.05, 3.63) is 141 Å². The molecule has 0 aromatic heterocycles. The Hall–Kier alpha value is -4.38. The van der Waals surface area contributed by atoms with E-state index in [9.17, 15) is 15.3 Å². The van der Waals surface area contributed by atoms with Crippen LogP contribution < -0.4 is 4.74 Å². The number of benzene rings is 5. The molecule has 0 bridgehead atoms. The van der Waals surface area contributed by atoms with E-state index in [1.165, 1.54) is 22.3 Å². The van der Waals surface area contributed by atoms with Crippen molar-refractivity contribution in [1.29, 1.82) is 0 Å². The summed E-state index contributed by atoms with van der Waals surface area (Å²) >= 11 is 0. The van der Waals surface area contributed by atoms with Gasteiger partial charge >= 0.3 is 0 Å². The van der Waals surface area contributed by atoms with E-state index in [2.05, 4.69) is 57.2 Å². The second-order valence-electron chi connectivity index (χ2n) is 11.2. The lowest BCUT2D eigenvalue weighted by molar-refractivity contribution is 0.281. The van der Waals surface area contributed by atoms with Gasteiger partial charge in [-0.3, -0.25) is 0 Å². The molecule has 4 nitrogen and oxygen atoms in total. The van der Waals surface area contributed by atoms with Gasteiger partial charge in [0.2, 0.25) is 0 Å². The molecular formula is C39H42O4. The second-order valence-corrected chi connectivity index (χ2v) is 11.2. The van der Waals surface area contributed by atoms with E-state index in [0.29, 0.717) is 12.4 Å². The van der Waals surface area contributed by atoms with Crippen molar-refractivity contribution in [3.63, 3.8) is 0 Å². The van der Waals surface area contributed by atoms with Gasteiger partial charge in [0.05, 0.1) is 13.2 Å². The van der Waals surface area contributed by atoms with Crippen LogP contribution in [0.1, 0.15) is 50.1 Å². The zero-order chi connectivity index (χ0) is 31.1. The number of phenolic OH excluding ortho intramolecular Hbond substituents is 1. The minimum Gasteiger partial charge on any atom is -0.508 e. The summed E-state index contributed by atoms with van der Waals surface area (Å²) in [5, 5.41) is 28.5. The highest BCUT2D eigenvalue weighted by atomic mass is 16.5. The Balaban J connectivity index is 0.000000208. The van der Waals surface area contributed by atoms with Crippen LogP contribution in [0.15, 0.2) is 91.0 Å². The first kappa shape index (κ1) is 31.6. The lowest BCUT2D eigenvalue weighted by Gasteiger charge is -2.17. The van der Waals surface area contributed by atoms with Gasteiger partial charge in [-0.2, -0.15) is 0 Å². The molecule has 0 spiro atoms. The average molecular weight is 575 g/mol. The van der Waals surface area contributed by atoms with E-state index in [1.807, 2.05) is 63.2 Å². The molecule has 0 aliphatic heterocycles. The quantitative estimate of drug-likeness (QED) is 0.182. The number of hydrogen-bond acceptors (Lipinski definition) is 4. The Morgan fingerprint density at radius 1 is 0.535 bits per heavy atom. The molecule has 0 atom stereocenters.